The van der Waals surface area contributed by atoms with E-state index in [2.05, 4.69) is 5.32 Å². The molecular formula is C20H21ClN2O3. The van der Waals surface area contributed by atoms with Gasteiger partial charge in [-0.1, -0.05) is 41.9 Å². The highest BCUT2D eigenvalue weighted by Gasteiger charge is 2.24. The van der Waals surface area contributed by atoms with Gasteiger partial charge in [0.2, 0.25) is 0 Å². The molecule has 0 unspecified atom stereocenters. The number of carbonyl (C=O) groups is 2. The molecular weight excluding hydrogens is 352 g/mol. The van der Waals surface area contributed by atoms with Crippen molar-refractivity contribution in [1.82, 2.24) is 10.2 Å². The zero-order valence-electron chi connectivity index (χ0n) is 14.4. The number of hydrogen-bond donors (Lipinski definition) is 1. The molecule has 1 heterocycles. The fourth-order valence-corrected chi connectivity index (χ4v) is 3.17. The SMILES string of the molecule is O=C(NCC1CCN(C(=O)Oc2ccccc2)CC1)c1ccccc1Cl. The number of nitrogens with zero attached hydrogens (tertiary/aromatic N) is 1. The smallest absolute Gasteiger partial charge is 0.410 e. The molecule has 2 amide bonds. The third-order valence-electron chi connectivity index (χ3n) is 4.49. The van der Waals surface area contributed by atoms with Gasteiger partial charge in [-0.3, -0.25) is 4.79 Å². The van der Waals surface area contributed by atoms with E-state index < -0.39 is 0 Å². The summed E-state index contributed by atoms with van der Waals surface area (Å²) in [6, 6.07) is 16.0. The number of para-hydroxylation sites is 1. The van der Waals surface area contributed by atoms with Crippen LogP contribution in [0.25, 0.3) is 0 Å². The fraction of sp³-hybridized carbons (Fsp3) is 0.300. The lowest BCUT2D eigenvalue weighted by Crippen LogP contribution is -2.42. The normalized spacial score (nSPS) is 14.7. The molecule has 0 spiro atoms. The second-order valence-electron chi connectivity index (χ2n) is 6.30. The molecule has 2 aromatic rings. The molecule has 3 rings (SSSR count). The average molecular weight is 373 g/mol. The largest absolute Gasteiger partial charge is 0.415 e. The van der Waals surface area contributed by atoms with E-state index in [1.165, 1.54) is 0 Å². The minimum atomic E-state index is -0.324. The molecule has 0 radical (unpaired) electrons. The monoisotopic (exact) mass is 372 g/mol. The summed E-state index contributed by atoms with van der Waals surface area (Å²) in [6.07, 6.45) is 1.33. The number of amides is 2. The van der Waals surface area contributed by atoms with Crippen molar-refractivity contribution >= 4 is 23.6 Å². The Morgan fingerprint density at radius 2 is 1.69 bits per heavy atom. The van der Waals surface area contributed by atoms with Gasteiger partial charge in [-0.2, -0.15) is 0 Å². The van der Waals surface area contributed by atoms with Gasteiger partial charge >= 0.3 is 6.09 Å². The van der Waals surface area contributed by atoms with Gasteiger partial charge in [0.25, 0.3) is 5.91 Å². The summed E-state index contributed by atoms with van der Waals surface area (Å²) < 4.78 is 5.36. The Kier molecular flexibility index (Phi) is 6.12. The van der Waals surface area contributed by atoms with Crippen molar-refractivity contribution in [3.8, 4) is 5.75 Å². The highest BCUT2D eigenvalue weighted by atomic mass is 35.5. The van der Waals surface area contributed by atoms with Crippen LogP contribution in [0.2, 0.25) is 5.02 Å². The number of carbonyl (C=O) groups excluding carboxylic acids is 2. The quantitative estimate of drug-likeness (QED) is 0.883. The van der Waals surface area contributed by atoms with Gasteiger partial charge < -0.3 is 15.0 Å². The molecule has 1 N–H and O–H groups in total. The second kappa shape index (κ2) is 8.72. The molecule has 5 nitrogen and oxygen atoms in total. The third-order valence-corrected chi connectivity index (χ3v) is 4.82. The lowest BCUT2D eigenvalue weighted by atomic mass is 9.97. The molecule has 0 aromatic heterocycles. The van der Waals surface area contributed by atoms with Gasteiger partial charge in [-0.25, -0.2) is 4.79 Å². The second-order valence-corrected chi connectivity index (χ2v) is 6.71. The van der Waals surface area contributed by atoms with Crippen LogP contribution in [0, 0.1) is 5.92 Å². The molecule has 1 aliphatic heterocycles. The van der Waals surface area contributed by atoms with Crippen LogP contribution < -0.4 is 10.1 Å². The van der Waals surface area contributed by atoms with E-state index >= 15 is 0 Å². The van der Waals surface area contributed by atoms with E-state index in [1.54, 1.807) is 41.3 Å². The molecule has 0 aliphatic carbocycles. The lowest BCUT2D eigenvalue weighted by Gasteiger charge is -2.31. The summed E-state index contributed by atoms with van der Waals surface area (Å²) in [6.45, 7) is 1.82. The molecule has 6 heteroatoms. The molecule has 0 atom stereocenters. The first-order valence-electron chi connectivity index (χ1n) is 8.68. The molecule has 0 bridgehead atoms. The van der Waals surface area contributed by atoms with E-state index in [4.69, 9.17) is 16.3 Å². The Bertz CT molecular complexity index is 759. The van der Waals surface area contributed by atoms with Gasteiger partial charge in [-0.05, 0) is 43.0 Å². The van der Waals surface area contributed by atoms with Gasteiger partial charge in [0.05, 0.1) is 10.6 Å². The zero-order chi connectivity index (χ0) is 18.4. The number of nitrogens with one attached hydrogen (secondary N) is 1. The fourth-order valence-electron chi connectivity index (χ4n) is 2.95. The Balaban J connectivity index is 1.43. The summed E-state index contributed by atoms with van der Waals surface area (Å²) in [4.78, 5) is 26.1. The third kappa shape index (κ3) is 4.76. The van der Waals surface area contributed by atoms with Crippen LogP contribution >= 0.6 is 11.6 Å². The van der Waals surface area contributed by atoms with Gasteiger partial charge in [0, 0.05) is 19.6 Å². The predicted octanol–water partition coefficient (Wildman–Crippen LogP) is 3.98. The number of benzene rings is 2. The molecule has 1 saturated heterocycles. The van der Waals surface area contributed by atoms with Gasteiger partial charge in [0.1, 0.15) is 5.75 Å². The Labute approximate surface area is 157 Å². The number of ether oxygens (including phenoxy) is 1. The summed E-state index contributed by atoms with van der Waals surface area (Å²) in [5, 5.41) is 3.38. The zero-order valence-corrected chi connectivity index (χ0v) is 15.1. The molecule has 26 heavy (non-hydrogen) atoms. The maximum atomic E-state index is 12.2. The predicted molar refractivity (Wildman–Crippen MR) is 101 cm³/mol. The summed E-state index contributed by atoms with van der Waals surface area (Å²) in [5.74, 6) is 0.718. The van der Waals surface area contributed by atoms with Crippen LogP contribution in [0.5, 0.6) is 5.75 Å². The summed E-state index contributed by atoms with van der Waals surface area (Å²) in [7, 11) is 0. The minimum absolute atomic E-state index is 0.165. The minimum Gasteiger partial charge on any atom is -0.410 e. The van der Waals surface area contributed by atoms with Crippen LogP contribution in [-0.2, 0) is 0 Å². The molecule has 2 aromatic carbocycles. The van der Waals surface area contributed by atoms with Crippen molar-refractivity contribution in [2.75, 3.05) is 19.6 Å². The van der Waals surface area contributed by atoms with Crippen LogP contribution in [0.15, 0.2) is 54.6 Å². The number of hydrogen-bond acceptors (Lipinski definition) is 3. The summed E-state index contributed by atoms with van der Waals surface area (Å²) in [5.41, 5.74) is 0.484. The van der Waals surface area contributed by atoms with Gasteiger partial charge in [0.15, 0.2) is 0 Å². The van der Waals surface area contributed by atoms with Crippen molar-refractivity contribution in [2.24, 2.45) is 5.92 Å². The number of halogens is 1. The van der Waals surface area contributed by atoms with Crippen molar-refractivity contribution in [1.29, 1.82) is 0 Å². The van der Waals surface area contributed by atoms with E-state index in [9.17, 15) is 9.59 Å². The van der Waals surface area contributed by atoms with Crippen LogP contribution in [0.4, 0.5) is 4.79 Å². The Morgan fingerprint density at radius 1 is 1.04 bits per heavy atom. The molecule has 136 valence electrons. The maximum absolute atomic E-state index is 12.2. The lowest BCUT2D eigenvalue weighted by molar-refractivity contribution is 0.0931. The molecule has 0 saturated carbocycles. The topological polar surface area (TPSA) is 58.6 Å². The van der Waals surface area contributed by atoms with Crippen molar-refractivity contribution in [3.05, 3.63) is 65.2 Å². The summed E-state index contributed by atoms with van der Waals surface area (Å²) >= 11 is 6.04. The van der Waals surface area contributed by atoms with E-state index in [0.29, 0.717) is 41.9 Å². The first-order chi connectivity index (χ1) is 12.6. The van der Waals surface area contributed by atoms with Crippen LogP contribution in [0.3, 0.4) is 0 Å². The average Bonchev–Trinajstić information content (AvgIpc) is 2.67. The first kappa shape index (κ1) is 18.3. The van der Waals surface area contributed by atoms with Crippen LogP contribution in [0.1, 0.15) is 23.2 Å². The first-order valence-corrected chi connectivity index (χ1v) is 9.06. The van der Waals surface area contributed by atoms with E-state index in [1.807, 2.05) is 18.2 Å². The Morgan fingerprint density at radius 3 is 2.38 bits per heavy atom. The van der Waals surface area contributed by atoms with Crippen molar-refractivity contribution in [3.63, 3.8) is 0 Å². The van der Waals surface area contributed by atoms with Crippen LogP contribution in [-0.4, -0.2) is 36.5 Å². The number of piperidine rings is 1. The standard InChI is InChI=1S/C20H21ClN2O3/c21-18-9-5-4-8-17(18)19(24)22-14-15-10-12-23(13-11-15)20(25)26-16-6-2-1-3-7-16/h1-9,15H,10-14H2,(H,22,24). The maximum Gasteiger partial charge on any atom is 0.415 e. The van der Waals surface area contributed by atoms with Crippen molar-refractivity contribution < 1.29 is 14.3 Å². The number of likely N-dealkylation sites (tertiary alicyclic amines) is 1. The molecule has 1 aliphatic rings. The Hall–Kier alpha value is -2.53. The molecule has 1 fully saturated rings. The highest BCUT2D eigenvalue weighted by Crippen LogP contribution is 2.19. The van der Waals surface area contributed by atoms with E-state index in [-0.39, 0.29) is 12.0 Å². The highest BCUT2D eigenvalue weighted by molar-refractivity contribution is 6.33. The van der Waals surface area contributed by atoms with E-state index in [0.717, 1.165) is 12.8 Å². The van der Waals surface area contributed by atoms with Crippen molar-refractivity contribution in [2.45, 2.75) is 12.8 Å². The van der Waals surface area contributed by atoms with Gasteiger partial charge in [-0.15, -0.1) is 0 Å². The number of rotatable bonds is 4.